The zero-order valence-electron chi connectivity index (χ0n) is 16.1. The highest BCUT2D eigenvalue weighted by Crippen LogP contribution is 2.20. The third-order valence-electron chi connectivity index (χ3n) is 4.44. The molecule has 1 atom stereocenters. The van der Waals surface area contributed by atoms with Gasteiger partial charge in [-0.25, -0.2) is 0 Å². The van der Waals surface area contributed by atoms with E-state index in [-0.39, 0.29) is 18.6 Å². The first kappa shape index (κ1) is 21.2. The smallest absolute Gasteiger partial charge is 0.240 e. The van der Waals surface area contributed by atoms with Gasteiger partial charge in [0, 0.05) is 23.7 Å². The van der Waals surface area contributed by atoms with Crippen molar-refractivity contribution in [3.63, 3.8) is 0 Å². The van der Waals surface area contributed by atoms with Crippen molar-refractivity contribution < 1.29 is 9.53 Å². The molecule has 3 aromatic rings. The number of ether oxygens (including phenoxy) is 1. The molecular formula is C21H23ClN4O2S. The highest BCUT2D eigenvalue weighted by atomic mass is 35.5. The van der Waals surface area contributed by atoms with E-state index in [2.05, 4.69) is 15.5 Å². The predicted molar refractivity (Wildman–Crippen MR) is 116 cm³/mol. The predicted octanol–water partition coefficient (Wildman–Crippen LogP) is 4.55. The van der Waals surface area contributed by atoms with Crippen LogP contribution in [0.15, 0.2) is 54.6 Å². The van der Waals surface area contributed by atoms with Gasteiger partial charge in [0.15, 0.2) is 10.6 Å². The lowest BCUT2D eigenvalue weighted by molar-refractivity contribution is -0.121. The molecule has 0 radical (unpaired) electrons. The van der Waals surface area contributed by atoms with Crippen LogP contribution in [0.25, 0.3) is 11.4 Å². The molecule has 29 heavy (non-hydrogen) atoms. The Morgan fingerprint density at radius 3 is 2.69 bits per heavy atom. The SMILES string of the molecule is CC(OCCCNC(=O)Cn1c(-c2ccc(Cl)cc2)n[nH]c1=S)c1ccccc1. The largest absolute Gasteiger partial charge is 0.374 e. The van der Waals surface area contributed by atoms with Crippen LogP contribution < -0.4 is 5.32 Å². The fourth-order valence-electron chi connectivity index (χ4n) is 2.86. The third kappa shape index (κ3) is 6.00. The van der Waals surface area contributed by atoms with Crippen LogP contribution in [0.1, 0.15) is 25.0 Å². The van der Waals surface area contributed by atoms with E-state index in [0.29, 0.717) is 28.8 Å². The van der Waals surface area contributed by atoms with Gasteiger partial charge in [-0.2, -0.15) is 5.10 Å². The van der Waals surface area contributed by atoms with Gasteiger partial charge in [0.1, 0.15) is 6.54 Å². The van der Waals surface area contributed by atoms with Crippen molar-refractivity contribution in [1.29, 1.82) is 0 Å². The summed E-state index contributed by atoms with van der Waals surface area (Å²) in [6, 6.07) is 17.3. The molecule has 1 aromatic heterocycles. The summed E-state index contributed by atoms with van der Waals surface area (Å²) in [5.41, 5.74) is 1.97. The van der Waals surface area contributed by atoms with Crippen molar-refractivity contribution in [2.75, 3.05) is 13.2 Å². The standard InChI is InChI=1S/C21H23ClN4O2S/c1-15(16-6-3-2-4-7-16)28-13-5-12-23-19(27)14-26-20(24-25-21(26)29)17-8-10-18(22)11-9-17/h2-4,6-11,15H,5,12-14H2,1H3,(H,23,27)(H,25,29). The van der Waals surface area contributed by atoms with Crippen molar-refractivity contribution in [3.8, 4) is 11.4 Å². The Bertz CT molecular complexity index is 986. The van der Waals surface area contributed by atoms with Crippen LogP contribution in [0, 0.1) is 4.77 Å². The number of carbonyl (C=O) groups excluding carboxylic acids is 1. The van der Waals surface area contributed by atoms with Crippen LogP contribution in [0.4, 0.5) is 0 Å². The molecule has 0 saturated carbocycles. The molecule has 0 bridgehead atoms. The first-order valence-corrected chi connectivity index (χ1v) is 10.2. The first-order valence-electron chi connectivity index (χ1n) is 9.39. The molecule has 8 heteroatoms. The molecule has 6 nitrogen and oxygen atoms in total. The van der Waals surface area contributed by atoms with Gasteiger partial charge in [-0.05, 0) is 55.4 Å². The number of rotatable bonds is 9. The van der Waals surface area contributed by atoms with E-state index in [1.54, 1.807) is 16.7 Å². The molecule has 0 saturated heterocycles. The topological polar surface area (TPSA) is 71.9 Å². The second-order valence-corrected chi connectivity index (χ2v) is 7.40. The maximum Gasteiger partial charge on any atom is 0.240 e. The van der Waals surface area contributed by atoms with Crippen molar-refractivity contribution in [2.24, 2.45) is 0 Å². The molecule has 1 unspecified atom stereocenters. The molecule has 0 aliphatic heterocycles. The van der Waals surface area contributed by atoms with Gasteiger partial charge in [-0.3, -0.25) is 14.5 Å². The maximum atomic E-state index is 12.3. The average molecular weight is 431 g/mol. The zero-order chi connectivity index (χ0) is 20.6. The van der Waals surface area contributed by atoms with E-state index >= 15 is 0 Å². The van der Waals surface area contributed by atoms with E-state index in [1.165, 1.54) is 0 Å². The van der Waals surface area contributed by atoms with Crippen molar-refractivity contribution in [1.82, 2.24) is 20.1 Å². The van der Waals surface area contributed by atoms with Crippen LogP contribution in [-0.2, 0) is 16.1 Å². The van der Waals surface area contributed by atoms with E-state index in [0.717, 1.165) is 17.5 Å². The fraction of sp³-hybridized carbons (Fsp3) is 0.286. The number of benzene rings is 2. The highest BCUT2D eigenvalue weighted by molar-refractivity contribution is 7.71. The number of nitrogens with one attached hydrogen (secondary N) is 2. The average Bonchev–Trinajstić information content (AvgIpc) is 3.09. The van der Waals surface area contributed by atoms with E-state index in [9.17, 15) is 4.79 Å². The second-order valence-electron chi connectivity index (χ2n) is 6.57. The Kier molecular flexibility index (Phi) is 7.57. The molecule has 0 fully saturated rings. The number of nitrogens with zero attached hydrogens (tertiary/aromatic N) is 2. The minimum atomic E-state index is -0.131. The first-order chi connectivity index (χ1) is 14.0. The molecule has 3 rings (SSSR count). The van der Waals surface area contributed by atoms with Crippen LogP contribution in [-0.4, -0.2) is 33.8 Å². The number of carbonyl (C=O) groups is 1. The van der Waals surface area contributed by atoms with E-state index in [4.69, 9.17) is 28.6 Å². The maximum absolute atomic E-state index is 12.3. The molecular weight excluding hydrogens is 408 g/mol. The van der Waals surface area contributed by atoms with Crippen molar-refractivity contribution in [3.05, 3.63) is 70.0 Å². The summed E-state index contributed by atoms with van der Waals surface area (Å²) in [7, 11) is 0. The van der Waals surface area contributed by atoms with Gasteiger partial charge < -0.3 is 10.1 Å². The van der Waals surface area contributed by atoms with Crippen molar-refractivity contribution in [2.45, 2.75) is 26.0 Å². The number of halogens is 1. The number of amides is 1. The van der Waals surface area contributed by atoms with E-state index in [1.807, 2.05) is 49.4 Å². The number of hydrogen-bond acceptors (Lipinski definition) is 4. The Labute approximate surface area is 179 Å². The zero-order valence-corrected chi connectivity index (χ0v) is 17.7. The van der Waals surface area contributed by atoms with Crippen LogP contribution >= 0.6 is 23.8 Å². The van der Waals surface area contributed by atoms with Crippen molar-refractivity contribution >= 4 is 29.7 Å². The summed E-state index contributed by atoms with van der Waals surface area (Å²) >= 11 is 11.2. The molecule has 2 aromatic carbocycles. The van der Waals surface area contributed by atoms with Gasteiger partial charge in [0.25, 0.3) is 0 Å². The second kappa shape index (κ2) is 10.3. The summed E-state index contributed by atoms with van der Waals surface area (Å²) in [6.45, 7) is 3.21. The Morgan fingerprint density at radius 1 is 1.24 bits per heavy atom. The summed E-state index contributed by atoms with van der Waals surface area (Å²) in [4.78, 5) is 12.3. The fourth-order valence-corrected chi connectivity index (χ4v) is 3.19. The van der Waals surface area contributed by atoms with E-state index < -0.39 is 0 Å². The summed E-state index contributed by atoms with van der Waals surface area (Å²) in [6.07, 6.45) is 0.752. The molecule has 2 N–H and O–H groups in total. The quantitative estimate of drug-likeness (QED) is 0.386. The highest BCUT2D eigenvalue weighted by Gasteiger charge is 2.12. The van der Waals surface area contributed by atoms with Crippen LogP contribution in [0.2, 0.25) is 5.02 Å². The summed E-state index contributed by atoms with van der Waals surface area (Å²) < 4.78 is 7.88. The lowest BCUT2D eigenvalue weighted by atomic mass is 10.1. The van der Waals surface area contributed by atoms with Gasteiger partial charge in [-0.1, -0.05) is 41.9 Å². The third-order valence-corrected chi connectivity index (χ3v) is 5.01. The normalized spacial score (nSPS) is 11.9. The minimum Gasteiger partial charge on any atom is -0.374 e. The lowest BCUT2D eigenvalue weighted by Crippen LogP contribution is -2.29. The van der Waals surface area contributed by atoms with Gasteiger partial charge in [0.05, 0.1) is 6.10 Å². The van der Waals surface area contributed by atoms with Crippen LogP contribution in [0.5, 0.6) is 0 Å². The molecule has 1 heterocycles. The number of hydrogen-bond donors (Lipinski definition) is 2. The summed E-state index contributed by atoms with van der Waals surface area (Å²) in [5, 5.41) is 10.5. The van der Waals surface area contributed by atoms with Gasteiger partial charge >= 0.3 is 0 Å². The van der Waals surface area contributed by atoms with Gasteiger partial charge in [0.2, 0.25) is 5.91 Å². The molecule has 0 aliphatic rings. The Morgan fingerprint density at radius 2 is 1.97 bits per heavy atom. The molecule has 1 amide bonds. The van der Waals surface area contributed by atoms with Crippen LogP contribution in [0.3, 0.4) is 0 Å². The number of aromatic amines is 1. The molecule has 152 valence electrons. The molecule has 0 aliphatic carbocycles. The van der Waals surface area contributed by atoms with Gasteiger partial charge in [-0.15, -0.1) is 0 Å². The number of aromatic nitrogens is 3. The number of H-pyrrole nitrogens is 1. The Balaban J connectivity index is 1.46. The summed E-state index contributed by atoms with van der Waals surface area (Å²) in [5.74, 6) is 0.468. The minimum absolute atomic E-state index is 0.0260. The molecule has 0 spiro atoms. The monoisotopic (exact) mass is 430 g/mol. The Hall–Kier alpha value is -2.48. The lowest BCUT2D eigenvalue weighted by Gasteiger charge is -2.13.